The molecule has 3 rings (SSSR count). The van der Waals surface area contributed by atoms with E-state index < -0.39 is 0 Å². The lowest BCUT2D eigenvalue weighted by atomic mass is 10.1. The molecule has 1 heterocycles. The number of rotatable bonds is 7. The highest BCUT2D eigenvalue weighted by Gasteiger charge is 2.14. The highest BCUT2D eigenvalue weighted by Crippen LogP contribution is 2.20. The Labute approximate surface area is 170 Å². The Morgan fingerprint density at radius 3 is 2.24 bits per heavy atom. The van der Waals surface area contributed by atoms with Crippen LogP contribution in [-0.2, 0) is 4.79 Å². The van der Waals surface area contributed by atoms with E-state index in [0.717, 1.165) is 5.69 Å². The summed E-state index contributed by atoms with van der Waals surface area (Å²) in [7, 11) is 0. The second-order valence-corrected chi connectivity index (χ2v) is 6.91. The van der Waals surface area contributed by atoms with Gasteiger partial charge in [-0.05, 0) is 56.7 Å². The maximum atomic E-state index is 12.1. The van der Waals surface area contributed by atoms with Crippen molar-refractivity contribution in [2.75, 3.05) is 17.2 Å². The Bertz CT molecular complexity index is 978. The second kappa shape index (κ2) is 9.10. The second-order valence-electron chi connectivity index (χ2n) is 6.91. The number of benzene rings is 2. The molecule has 3 N–H and O–H groups in total. The number of hydrogen-bond donors (Lipinski definition) is 3. The van der Waals surface area contributed by atoms with Gasteiger partial charge in [-0.1, -0.05) is 30.3 Å². The standard InChI is InChI=1S/C23H25N3O3/c1-15-13-21(17(3)29-15)23(28)24-14-22(27)26-20-11-9-19(10-12-20)25-16(2)18-7-5-4-6-8-18/h4-13,16,25H,14H2,1-3H3,(H,24,28)(H,26,27). The van der Waals surface area contributed by atoms with Crippen LogP contribution in [-0.4, -0.2) is 18.4 Å². The minimum Gasteiger partial charge on any atom is -0.466 e. The first-order valence-corrected chi connectivity index (χ1v) is 9.49. The van der Waals surface area contributed by atoms with Gasteiger partial charge in [0.1, 0.15) is 11.5 Å². The first-order valence-electron chi connectivity index (χ1n) is 9.49. The third-order valence-corrected chi connectivity index (χ3v) is 4.55. The van der Waals surface area contributed by atoms with E-state index in [-0.39, 0.29) is 24.4 Å². The quantitative estimate of drug-likeness (QED) is 0.556. The van der Waals surface area contributed by atoms with Gasteiger partial charge in [0.15, 0.2) is 0 Å². The number of nitrogens with one attached hydrogen (secondary N) is 3. The molecule has 6 nitrogen and oxygen atoms in total. The molecule has 3 aromatic rings. The summed E-state index contributed by atoms with van der Waals surface area (Å²) in [4.78, 5) is 24.3. The lowest BCUT2D eigenvalue weighted by Crippen LogP contribution is -2.32. The number of hydrogen-bond acceptors (Lipinski definition) is 4. The van der Waals surface area contributed by atoms with Crippen LogP contribution < -0.4 is 16.0 Å². The predicted molar refractivity (Wildman–Crippen MR) is 114 cm³/mol. The van der Waals surface area contributed by atoms with E-state index in [4.69, 9.17) is 4.42 Å². The molecule has 29 heavy (non-hydrogen) atoms. The molecule has 0 spiro atoms. The summed E-state index contributed by atoms with van der Waals surface area (Å²) in [6, 6.07) is 19.5. The van der Waals surface area contributed by atoms with Gasteiger partial charge in [-0.25, -0.2) is 0 Å². The Hall–Kier alpha value is -3.54. The first kappa shape index (κ1) is 20.2. The molecular weight excluding hydrogens is 366 g/mol. The van der Waals surface area contributed by atoms with E-state index in [9.17, 15) is 9.59 Å². The number of carbonyl (C=O) groups excluding carboxylic acids is 2. The van der Waals surface area contributed by atoms with E-state index >= 15 is 0 Å². The average molecular weight is 391 g/mol. The van der Waals surface area contributed by atoms with E-state index in [2.05, 4.69) is 35.0 Å². The highest BCUT2D eigenvalue weighted by atomic mass is 16.3. The Kier molecular flexibility index (Phi) is 6.34. The fourth-order valence-electron chi connectivity index (χ4n) is 3.04. The number of furan rings is 1. The van der Waals surface area contributed by atoms with Crippen molar-refractivity contribution in [2.45, 2.75) is 26.8 Å². The zero-order chi connectivity index (χ0) is 20.8. The fraction of sp³-hybridized carbons (Fsp3) is 0.217. The SMILES string of the molecule is Cc1cc(C(=O)NCC(=O)Nc2ccc(NC(C)c3ccccc3)cc2)c(C)o1. The Morgan fingerprint density at radius 1 is 0.966 bits per heavy atom. The van der Waals surface area contributed by atoms with Gasteiger partial charge in [-0.2, -0.15) is 0 Å². The highest BCUT2D eigenvalue weighted by molar-refractivity contribution is 5.99. The smallest absolute Gasteiger partial charge is 0.255 e. The normalized spacial score (nSPS) is 11.6. The molecular formula is C23H25N3O3. The third kappa shape index (κ3) is 5.48. The number of aryl methyl sites for hydroxylation is 2. The number of carbonyl (C=O) groups is 2. The van der Waals surface area contributed by atoms with Crippen molar-refractivity contribution in [1.29, 1.82) is 0 Å². The predicted octanol–water partition coefficient (Wildman–Crippen LogP) is 4.44. The molecule has 1 aromatic heterocycles. The van der Waals surface area contributed by atoms with Crippen molar-refractivity contribution in [3.05, 3.63) is 83.3 Å². The van der Waals surface area contributed by atoms with Gasteiger partial charge >= 0.3 is 0 Å². The van der Waals surface area contributed by atoms with Crippen molar-refractivity contribution < 1.29 is 14.0 Å². The fourth-order valence-corrected chi connectivity index (χ4v) is 3.04. The van der Waals surface area contributed by atoms with Crippen LogP contribution >= 0.6 is 0 Å². The molecule has 2 aromatic carbocycles. The van der Waals surface area contributed by atoms with Crippen molar-refractivity contribution in [2.24, 2.45) is 0 Å². The summed E-state index contributed by atoms with van der Waals surface area (Å²) < 4.78 is 5.34. The summed E-state index contributed by atoms with van der Waals surface area (Å²) in [5.74, 6) is 0.569. The average Bonchev–Trinajstić information content (AvgIpc) is 3.06. The van der Waals surface area contributed by atoms with Gasteiger partial charge in [0.25, 0.3) is 5.91 Å². The van der Waals surface area contributed by atoms with Gasteiger partial charge in [-0.15, -0.1) is 0 Å². The van der Waals surface area contributed by atoms with Gasteiger partial charge in [0, 0.05) is 17.4 Å². The third-order valence-electron chi connectivity index (χ3n) is 4.55. The van der Waals surface area contributed by atoms with Gasteiger partial charge in [0.2, 0.25) is 5.91 Å². The van der Waals surface area contributed by atoms with Crippen molar-refractivity contribution in [3.8, 4) is 0 Å². The lowest BCUT2D eigenvalue weighted by molar-refractivity contribution is -0.115. The van der Waals surface area contributed by atoms with Crippen LogP contribution in [0.4, 0.5) is 11.4 Å². The van der Waals surface area contributed by atoms with Crippen LogP contribution in [0.15, 0.2) is 65.1 Å². The van der Waals surface area contributed by atoms with Crippen LogP contribution in [0.25, 0.3) is 0 Å². The van der Waals surface area contributed by atoms with Crippen molar-refractivity contribution in [1.82, 2.24) is 5.32 Å². The Balaban J connectivity index is 1.49. The van der Waals surface area contributed by atoms with Crippen LogP contribution in [0.1, 0.15) is 40.4 Å². The minimum atomic E-state index is -0.330. The van der Waals surface area contributed by atoms with Gasteiger partial charge in [-0.3, -0.25) is 9.59 Å². The van der Waals surface area contributed by atoms with E-state index in [1.165, 1.54) is 5.56 Å². The topological polar surface area (TPSA) is 83.4 Å². The van der Waals surface area contributed by atoms with Gasteiger partial charge < -0.3 is 20.4 Å². The van der Waals surface area contributed by atoms with E-state index in [1.807, 2.05) is 42.5 Å². The summed E-state index contributed by atoms with van der Waals surface area (Å²) in [5, 5.41) is 8.81. The maximum Gasteiger partial charge on any atom is 0.255 e. The zero-order valence-electron chi connectivity index (χ0n) is 16.8. The van der Waals surface area contributed by atoms with Crippen LogP contribution in [0.3, 0.4) is 0 Å². The monoisotopic (exact) mass is 391 g/mol. The molecule has 6 heteroatoms. The molecule has 0 bridgehead atoms. The lowest BCUT2D eigenvalue weighted by Gasteiger charge is -2.16. The summed E-state index contributed by atoms with van der Waals surface area (Å²) in [5.41, 5.74) is 3.26. The van der Waals surface area contributed by atoms with E-state index in [0.29, 0.717) is 22.8 Å². The molecule has 150 valence electrons. The number of amides is 2. The largest absolute Gasteiger partial charge is 0.466 e. The van der Waals surface area contributed by atoms with Gasteiger partial charge in [0.05, 0.1) is 12.1 Å². The minimum absolute atomic E-state index is 0.118. The molecule has 1 atom stereocenters. The summed E-state index contributed by atoms with van der Waals surface area (Å²) >= 11 is 0. The van der Waals surface area contributed by atoms with Crippen molar-refractivity contribution in [3.63, 3.8) is 0 Å². The first-order chi connectivity index (χ1) is 13.9. The Morgan fingerprint density at radius 2 is 1.62 bits per heavy atom. The number of anilines is 2. The molecule has 0 aliphatic heterocycles. The van der Waals surface area contributed by atoms with Crippen molar-refractivity contribution >= 4 is 23.2 Å². The van der Waals surface area contributed by atoms with E-state index in [1.54, 1.807) is 19.9 Å². The molecule has 0 radical (unpaired) electrons. The molecule has 0 saturated carbocycles. The molecule has 0 aliphatic rings. The summed E-state index contributed by atoms with van der Waals surface area (Å²) in [6.07, 6.45) is 0. The summed E-state index contributed by atoms with van der Waals surface area (Å²) in [6.45, 7) is 5.47. The zero-order valence-corrected chi connectivity index (χ0v) is 16.8. The molecule has 0 fully saturated rings. The molecule has 0 aliphatic carbocycles. The maximum absolute atomic E-state index is 12.1. The van der Waals surface area contributed by atoms with Crippen LogP contribution in [0.5, 0.6) is 0 Å². The van der Waals surface area contributed by atoms with Crippen LogP contribution in [0, 0.1) is 13.8 Å². The molecule has 2 amide bonds. The van der Waals surface area contributed by atoms with Crippen LogP contribution in [0.2, 0.25) is 0 Å². The molecule has 0 saturated heterocycles. The molecule has 1 unspecified atom stereocenters.